The van der Waals surface area contributed by atoms with Crippen molar-refractivity contribution in [2.45, 2.75) is 48.0 Å². The van der Waals surface area contributed by atoms with Crippen molar-refractivity contribution in [1.29, 1.82) is 0 Å². The summed E-state index contributed by atoms with van der Waals surface area (Å²) in [4.78, 5) is 0. The highest BCUT2D eigenvalue weighted by Crippen LogP contribution is 2.27. The van der Waals surface area contributed by atoms with Gasteiger partial charge in [-0.1, -0.05) is 45.8 Å². The summed E-state index contributed by atoms with van der Waals surface area (Å²) in [5.74, 6) is 2.39. The van der Waals surface area contributed by atoms with Gasteiger partial charge in [-0.2, -0.15) is 0 Å². The van der Waals surface area contributed by atoms with E-state index in [2.05, 4.69) is 47.6 Å². The van der Waals surface area contributed by atoms with Crippen molar-refractivity contribution in [3.05, 3.63) is 11.6 Å². The molecule has 0 aromatic rings. The fourth-order valence-corrected chi connectivity index (χ4v) is 1.54. The summed E-state index contributed by atoms with van der Waals surface area (Å²) in [5, 5.41) is 0. The maximum atomic E-state index is 2.37. The van der Waals surface area contributed by atoms with Crippen LogP contribution in [0, 0.1) is 17.8 Å². The van der Waals surface area contributed by atoms with E-state index in [-0.39, 0.29) is 0 Å². The van der Waals surface area contributed by atoms with E-state index >= 15 is 0 Å². The predicted molar refractivity (Wildman–Crippen MR) is 57.2 cm³/mol. The van der Waals surface area contributed by atoms with Gasteiger partial charge in [-0.15, -0.1) is 0 Å². The van der Waals surface area contributed by atoms with Crippen molar-refractivity contribution in [1.82, 2.24) is 0 Å². The molecule has 0 saturated carbocycles. The van der Waals surface area contributed by atoms with Gasteiger partial charge in [0.1, 0.15) is 0 Å². The second-order valence-corrected chi connectivity index (χ2v) is 4.07. The smallest absolute Gasteiger partial charge is 0.0206 e. The van der Waals surface area contributed by atoms with Crippen LogP contribution in [0.5, 0.6) is 0 Å². The molecule has 0 spiro atoms. The van der Waals surface area contributed by atoms with Gasteiger partial charge in [-0.25, -0.2) is 0 Å². The molecular weight excluding hydrogens is 144 g/mol. The summed E-state index contributed by atoms with van der Waals surface area (Å²) >= 11 is 0. The molecule has 0 radical (unpaired) electrons. The highest BCUT2D eigenvalue weighted by molar-refractivity contribution is 5.02. The van der Waals surface area contributed by atoms with Gasteiger partial charge in [-0.3, -0.25) is 0 Å². The first-order chi connectivity index (χ1) is 5.54. The third-order valence-corrected chi connectivity index (χ3v) is 3.50. The number of rotatable bonds is 4. The Hall–Kier alpha value is -0.260. The minimum atomic E-state index is 0.741. The molecular formula is C12H24. The van der Waals surface area contributed by atoms with Gasteiger partial charge in [0.05, 0.1) is 0 Å². The van der Waals surface area contributed by atoms with Crippen molar-refractivity contribution in [2.24, 2.45) is 17.8 Å². The summed E-state index contributed by atoms with van der Waals surface area (Å²) in [7, 11) is 0. The normalized spacial score (nSPS) is 20.3. The molecule has 0 heteroatoms. The molecule has 0 aromatic carbocycles. The van der Waals surface area contributed by atoms with Gasteiger partial charge in [0.25, 0.3) is 0 Å². The van der Waals surface area contributed by atoms with E-state index in [1.807, 2.05) is 0 Å². The van der Waals surface area contributed by atoms with Crippen molar-refractivity contribution >= 4 is 0 Å². The topological polar surface area (TPSA) is 0 Å². The van der Waals surface area contributed by atoms with Crippen LogP contribution < -0.4 is 0 Å². The van der Waals surface area contributed by atoms with Gasteiger partial charge in [0, 0.05) is 0 Å². The van der Waals surface area contributed by atoms with Crippen LogP contribution in [-0.2, 0) is 0 Å². The SMILES string of the molecule is CC=C(C)C(C)C(C)C(C)CC. The van der Waals surface area contributed by atoms with Gasteiger partial charge in [0.15, 0.2) is 0 Å². The Labute approximate surface area is 78.1 Å². The second-order valence-electron chi connectivity index (χ2n) is 4.07. The first-order valence-electron chi connectivity index (χ1n) is 5.17. The summed E-state index contributed by atoms with van der Waals surface area (Å²) in [6, 6.07) is 0. The lowest BCUT2D eigenvalue weighted by atomic mass is 9.80. The maximum absolute atomic E-state index is 2.37. The molecule has 3 unspecified atom stereocenters. The summed E-state index contributed by atoms with van der Waals surface area (Å²) in [6.07, 6.45) is 3.53. The van der Waals surface area contributed by atoms with Crippen LogP contribution in [0.2, 0.25) is 0 Å². The molecule has 3 atom stereocenters. The molecule has 0 N–H and O–H groups in total. The molecule has 0 aliphatic heterocycles. The third kappa shape index (κ3) is 3.00. The van der Waals surface area contributed by atoms with Gasteiger partial charge < -0.3 is 0 Å². The van der Waals surface area contributed by atoms with Crippen LogP contribution in [-0.4, -0.2) is 0 Å². The predicted octanol–water partition coefficient (Wildman–Crippen LogP) is 4.27. The summed E-state index contributed by atoms with van der Waals surface area (Å²) < 4.78 is 0. The van der Waals surface area contributed by atoms with E-state index < -0.39 is 0 Å². The molecule has 0 saturated heterocycles. The molecule has 0 nitrogen and oxygen atoms in total. The van der Waals surface area contributed by atoms with Crippen LogP contribution >= 0.6 is 0 Å². The zero-order chi connectivity index (χ0) is 9.72. The highest BCUT2D eigenvalue weighted by atomic mass is 14.2. The van der Waals surface area contributed by atoms with E-state index in [9.17, 15) is 0 Å². The van der Waals surface area contributed by atoms with Crippen molar-refractivity contribution < 1.29 is 0 Å². The molecule has 0 rings (SSSR count). The fraction of sp³-hybridized carbons (Fsp3) is 0.833. The maximum Gasteiger partial charge on any atom is -0.0206 e. The lowest BCUT2D eigenvalue weighted by Crippen LogP contribution is -2.16. The minimum absolute atomic E-state index is 0.741. The largest absolute Gasteiger partial charge is 0.0885 e. The highest BCUT2D eigenvalue weighted by Gasteiger charge is 2.18. The molecule has 12 heavy (non-hydrogen) atoms. The second kappa shape index (κ2) is 5.40. The van der Waals surface area contributed by atoms with Crippen LogP contribution in [0.3, 0.4) is 0 Å². The van der Waals surface area contributed by atoms with E-state index in [1.54, 1.807) is 0 Å². The van der Waals surface area contributed by atoms with E-state index in [0.717, 1.165) is 17.8 Å². The molecule has 0 aromatic heterocycles. The molecule has 0 heterocycles. The Kier molecular flexibility index (Phi) is 5.28. The Bertz CT molecular complexity index is 144. The number of hydrogen-bond donors (Lipinski definition) is 0. The average molecular weight is 168 g/mol. The zero-order valence-corrected chi connectivity index (χ0v) is 9.52. The van der Waals surface area contributed by atoms with Crippen LogP contribution in [0.4, 0.5) is 0 Å². The molecule has 0 amide bonds. The fourth-order valence-electron chi connectivity index (χ4n) is 1.54. The van der Waals surface area contributed by atoms with Crippen molar-refractivity contribution in [3.8, 4) is 0 Å². The van der Waals surface area contributed by atoms with Crippen LogP contribution in [0.15, 0.2) is 11.6 Å². The molecule has 0 fully saturated rings. The summed E-state index contributed by atoms with van der Waals surface area (Å²) in [5.41, 5.74) is 1.53. The molecule has 0 aliphatic rings. The van der Waals surface area contributed by atoms with E-state index in [0.29, 0.717) is 0 Å². The Morgan fingerprint density at radius 3 is 2.08 bits per heavy atom. The third-order valence-electron chi connectivity index (χ3n) is 3.50. The Morgan fingerprint density at radius 1 is 1.25 bits per heavy atom. The van der Waals surface area contributed by atoms with Crippen LogP contribution in [0.1, 0.15) is 48.0 Å². The lowest BCUT2D eigenvalue weighted by Gasteiger charge is -2.25. The standard InChI is InChI=1S/C12H24/c1-7-9(3)11(5)12(6)10(4)8-2/h7,10-12H,8H2,1-6H3. The number of hydrogen-bond acceptors (Lipinski definition) is 0. The quantitative estimate of drug-likeness (QED) is 0.550. The van der Waals surface area contributed by atoms with E-state index in [4.69, 9.17) is 0 Å². The average Bonchev–Trinajstić information content (AvgIpc) is 2.12. The van der Waals surface area contributed by atoms with Crippen molar-refractivity contribution in [3.63, 3.8) is 0 Å². The zero-order valence-electron chi connectivity index (χ0n) is 9.52. The first kappa shape index (κ1) is 11.7. The lowest BCUT2D eigenvalue weighted by molar-refractivity contribution is 0.302. The minimum Gasteiger partial charge on any atom is -0.0885 e. The Morgan fingerprint density at radius 2 is 1.75 bits per heavy atom. The monoisotopic (exact) mass is 168 g/mol. The molecule has 0 bridgehead atoms. The van der Waals surface area contributed by atoms with Crippen LogP contribution in [0.25, 0.3) is 0 Å². The first-order valence-corrected chi connectivity index (χ1v) is 5.17. The van der Waals surface area contributed by atoms with Crippen molar-refractivity contribution in [2.75, 3.05) is 0 Å². The van der Waals surface area contributed by atoms with Gasteiger partial charge >= 0.3 is 0 Å². The summed E-state index contributed by atoms with van der Waals surface area (Å²) in [6.45, 7) is 13.7. The molecule has 72 valence electrons. The number of allylic oxidation sites excluding steroid dienone is 2. The van der Waals surface area contributed by atoms with E-state index in [1.165, 1.54) is 12.0 Å². The molecule has 0 aliphatic carbocycles. The van der Waals surface area contributed by atoms with Gasteiger partial charge in [0.2, 0.25) is 0 Å². The van der Waals surface area contributed by atoms with Gasteiger partial charge in [-0.05, 0) is 31.6 Å². The Balaban J connectivity index is 4.18.